The Morgan fingerprint density at radius 2 is 1.84 bits per heavy atom. The first kappa shape index (κ1) is 32.7. The number of H-pyrrole nitrogens is 1. The predicted octanol–water partition coefficient (Wildman–Crippen LogP) is 6.29. The van der Waals surface area contributed by atoms with E-state index in [-0.39, 0.29) is 34.7 Å². The largest absolute Gasteiger partial charge is 0.481 e. The van der Waals surface area contributed by atoms with Gasteiger partial charge in [0.15, 0.2) is 18.2 Å². The predicted molar refractivity (Wildman–Crippen MR) is 180 cm³/mol. The molecule has 3 saturated heterocycles. The fraction of sp³-hybridized carbons (Fsp3) is 0.500. The lowest BCUT2D eigenvalue weighted by Gasteiger charge is -2.54. The van der Waals surface area contributed by atoms with Crippen LogP contribution >= 0.6 is 0 Å². The lowest BCUT2D eigenvalue weighted by atomic mass is 9.72. The van der Waals surface area contributed by atoms with E-state index in [4.69, 9.17) is 19.4 Å². The number of aromatic nitrogens is 4. The molecule has 264 valence electrons. The van der Waals surface area contributed by atoms with Gasteiger partial charge in [-0.1, -0.05) is 12.6 Å². The summed E-state index contributed by atoms with van der Waals surface area (Å²) in [5.41, 5.74) is 4.03. The molecule has 2 aromatic carbocycles. The van der Waals surface area contributed by atoms with Crippen molar-refractivity contribution in [3.63, 3.8) is 0 Å². The molecule has 1 amide bonds. The highest BCUT2D eigenvalue weighted by Gasteiger charge is 2.47. The Hall–Kier alpha value is -4.46. The van der Waals surface area contributed by atoms with Crippen LogP contribution in [0.3, 0.4) is 0 Å². The van der Waals surface area contributed by atoms with Crippen molar-refractivity contribution in [2.75, 3.05) is 57.8 Å². The molecule has 50 heavy (non-hydrogen) atoms. The highest BCUT2D eigenvalue weighted by Crippen LogP contribution is 2.53. The second kappa shape index (κ2) is 12.1. The van der Waals surface area contributed by atoms with Gasteiger partial charge >= 0.3 is 12.2 Å². The topological polar surface area (TPSA) is 99.7 Å². The van der Waals surface area contributed by atoms with Gasteiger partial charge in [-0.25, -0.2) is 4.39 Å². The van der Waals surface area contributed by atoms with E-state index in [1.165, 1.54) is 4.90 Å². The van der Waals surface area contributed by atoms with Crippen LogP contribution in [0.25, 0.3) is 32.9 Å². The quantitative estimate of drug-likeness (QED) is 0.170. The number of hydrogen-bond donors (Lipinski definition) is 1. The van der Waals surface area contributed by atoms with E-state index >= 15 is 0 Å². The van der Waals surface area contributed by atoms with Crippen molar-refractivity contribution >= 4 is 33.5 Å². The van der Waals surface area contributed by atoms with Gasteiger partial charge in [-0.3, -0.25) is 9.89 Å². The summed E-state index contributed by atoms with van der Waals surface area (Å²) in [7, 11) is 2.01. The Labute approximate surface area is 286 Å². The molecule has 0 bridgehead atoms. The number of ether oxygens (including phenoxy) is 2. The third-order valence-corrected chi connectivity index (χ3v) is 10.7. The number of aryl methyl sites for hydroxylation is 1. The third-order valence-electron chi connectivity index (χ3n) is 10.7. The molecule has 4 fully saturated rings. The molecule has 1 atom stereocenters. The van der Waals surface area contributed by atoms with Crippen LogP contribution < -0.4 is 14.4 Å². The zero-order valence-electron chi connectivity index (χ0n) is 28.1. The van der Waals surface area contributed by atoms with E-state index in [2.05, 4.69) is 26.6 Å². The van der Waals surface area contributed by atoms with Crippen molar-refractivity contribution in [3.8, 4) is 22.9 Å². The molecule has 0 unspecified atom stereocenters. The minimum atomic E-state index is -4.59. The van der Waals surface area contributed by atoms with Crippen LogP contribution in [0, 0.1) is 12.3 Å². The zero-order valence-corrected chi connectivity index (χ0v) is 28.1. The summed E-state index contributed by atoms with van der Waals surface area (Å²) in [5.74, 6) is -0.854. The number of nitrogens with one attached hydrogen (secondary N) is 1. The lowest BCUT2D eigenvalue weighted by molar-refractivity contribution is -0.153. The molecule has 10 nitrogen and oxygen atoms in total. The number of carbonyl (C=O) groups excluding carboxylic acids is 1. The van der Waals surface area contributed by atoms with Gasteiger partial charge in [0, 0.05) is 61.0 Å². The van der Waals surface area contributed by atoms with Crippen molar-refractivity contribution in [1.82, 2.24) is 30.0 Å². The monoisotopic (exact) mass is 693 g/mol. The van der Waals surface area contributed by atoms with Gasteiger partial charge in [0.2, 0.25) is 0 Å². The first-order chi connectivity index (χ1) is 23.9. The third kappa shape index (κ3) is 6.01. The maximum Gasteiger partial charge on any atom is 0.422 e. The highest BCUT2D eigenvalue weighted by atomic mass is 19.4. The average Bonchev–Trinajstić information content (AvgIpc) is 3.66. The van der Waals surface area contributed by atoms with E-state index in [1.54, 1.807) is 6.20 Å². The van der Waals surface area contributed by atoms with E-state index in [0.29, 0.717) is 49.5 Å². The second-order valence-corrected chi connectivity index (χ2v) is 14.5. The van der Waals surface area contributed by atoms with Gasteiger partial charge < -0.3 is 24.2 Å². The number of hydrogen-bond acceptors (Lipinski definition) is 8. The van der Waals surface area contributed by atoms with Crippen LogP contribution in [0.4, 0.5) is 23.4 Å². The fourth-order valence-corrected chi connectivity index (χ4v) is 7.97. The molecule has 1 spiro atoms. The van der Waals surface area contributed by atoms with E-state index in [9.17, 15) is 22.4 Å². The molecule has 1 N–H and O–H groups in total. The fourth-order valence-electron chi connectivity index (χ4n) is 7.97. The zero-order chi connectivity index (χ0) is 34.9. The Morgan fingerprint density at radius 1 is 1.08 bits per heavy atom. The van der Waals surface area contributed by atoms with Gasteiger partial charge in [0.1, 0.15) is 17.4 Å². The molecular weight excluding hydrogens is 654 g/mol. The number of likely N-dealkylation sites (N-methyl/N-ethyl adjacent to an activating group) is 1. The number of nitrogens with zero attached hydrogens (tertiary/aromatic N) is 6. The number of aromatic amines is 1. The maximum atomic E-state index is 14.0. The summed E-state index contributed by atoms with van der Waals surface area (Å²) in [6.07, 6.45) is 0.969. The van der Waals surface area contributed by atoms with E-state index in [1.807, 2.05) is 32.2 Å². The van der Waals surface area contributed by atoms with Gasteiger partial charge in [-0.15, -0.1) is 0 Å². The number of alkyl halides is 3. The smallest absolute Gasteiger partial charge is 0.422 e. The number of piperidine rings is 1. The summed E-state index contributed by atoms with van der Waals surface area (Å²) in [6, 6.07) is 5.98. The molecular formula is C36H39F4N7O3. The number of likely N-dealkylation sites (tertiary alicyclic amines) is 2. The minimum Gasteiger partial charge on any atom is -0.481 e. The molecule has 1 saturated carbocycles. The summed E-state index contributed by atoms with van der Waals surface area (Å²) in [5, 5.41) is 8.64. The summed E-state index contributed by atoms with van der Waals surface area (Å²) in [6.45, 7) is 7.21. The normalized spacial score (nSPS) is 20.9. The van der Waals surface area contributed by atoms with Crippen molar-refractivity contribution in [1.29, 1.82) is 0 Å². The first-order valence-corrected chi connectivity index (χ1v) is 17.1. The van der Waals surface area contributed by atoms with E-state index in [0.717, 1.165) is 66.2 Å². The second-order valence-electron chi connectivity index (χ2n) is 14.5. The molecule has 8 rings (SSSR count). The molecule has 3 aliphatic heterocycles. The minimum absolute atomic E-state index is 0.0589. The SMILES string of the molecule is C=C(F)C(=O)N1CC2(CCN(c3nc(O[C@H]4CCN(C)C4)nc4c(OCC(F)(F)F)c(-c5c(C)ccc6[nH]ncc56)c(C5CC5)cc34)CC2)C1. The van der Waals surface area contributed by atoms with Gasteiger partial charge in [0.05, 0.1) is 11.7 Å². The number of amides is 1. The lowest BCUT2D eigenvalue weighted by Crippen LogP contribution is -2.62. The summed E-state index contributed by atoms with van der Waals surface area (Å²) < 4.78 is 67.6. The van der Waals surface area contributed by atoms with Crippen molar-refractivity contribution in [2.24, 2.45) is 5.41 Å². The summed E-state index contributed by atoms with van der Waals surface area (Å²) in [4.78, 5) is 27.7. The van der Waals surface area contributed by atoms with Crippen molar-refractivity contribution in [3.05, 3.63) is 47.9 Å². The van der Waals surface area contributed by atoms with Crippen LogP contribution in [0.1, 0.15) is 49.1 Å². The van der Waals surface area contributed by atoms with Crippen LogP contribution in [0.15, 0.2) is 36.8 Å². The molecule has 4 aliphatic rings. The average molecular weight is 694 g/mol. The number of anilines is 1. The van der Waals surface area contributed by atoms with Crippen LogP contribution in [0.5, 0.6) is 11.8 Å². The van der Waals surface area contributed by atoms with Gasteiger partial charge in [-0.2, -0.15) is 28.2 Å². The molecule has 0 radical (unpaired) electrons. The van der Waals surface area contributed by atoms with Crippen LogP contribution in [0.2, 0.25) is 0 Å². The molecule has 14 heteroatoms. The molecule has 5 heterocycles. The standard InChI is InChI=1S/C36H39F4N7O3/c1-20-4-7-27-26(15-41-44-27)28(20)29-24(22-5-6-22)14-25-30(31(29)49-19-36(38,39)40)42-34(50-23-8-11-45(3)16-23)43-32(25)46-12-9-35(10-13-46)17-47(18-35)33(48)21(2)37/h4,7,14-15,22-23H,2,5-6,8-13,16-19H2,1,3H3,(H,41,44)/t23-/m0/s1. The van der Waals surface area contributed by atoms with Crippen molar-refractivity contribution < 1.29 is 31.8 Å². The Balaban J connectivity index is 1.28. The van der Waals surface area contributed by atoms with Crippen LogP contribution in [-0.4, -0.2) is 101 Å². The number of carbonyl (C=O) groups is 1. The molecule has 4 aromatic rings. The Bertz CT molecular complexity index is 1990. The molecule has 2 aromatic heterocycles. The van der Waals surface area contributed by atoms with Crippen molar-refractivity contribution in [2.45, 2.75) is 57.2 Å². The highest BCUT2D eigenvalue weighted by molar-refractivity contribution is 6.06. The Kier molecular flexibility index (Phi) is 7.92. The number of fused-ring (bicyclic) bond motifs is 2. The van der Waals surface area contributed by atoms with E-state index < -0.39 is 24.5 Å². The maximum absolute atomic E-state index is 14.0. The van der Waals surface area contributed by atoms with Crippen LogP contribution in [-0.2, 0) is 4.79 Å². The first-order valence-electron chi connectivity index (χ1n) is 17.1. The van der Waals surface area contributed by atoms with Gasteiger partial charge in [-0.05, 0) is 80.8 Å². The summed E-state index contributed by atoms with van der Waals surface area (Å²) >= 11 is 0. The number of rotatable bonds is 8. The molecule has 1 aliphatic carbocycles. The Morgan fingerprint density at radius 3 is 2.50 bits per heavy atom. The van der Waals surface area contributed by atoms with Gasteiger partial charge in [0.25, 0.3) is 5.91 Å². The number of benzene rings is 2. The number of halogens is 4.